The highest BCUT2D eigenvalue weighted by Gasteiger charge is 2.27. The van der Waals surface area contributed by atoms with Crippen molar-refractivity contribution < 1.29 is 0 Å². The smallest absolute Gasteiger partial charge is 0.00697 e. The number of rotatable bonds is 4. The molecule has 2 N–H and O–H groups in total. The van der Waals surface area contributed by atoms with E-state index in [0.717, 1.165) is 11.8 Å². The lowest BCUT2D eigenvalue weighted by Gasteiger charge is -2.22. The van der Waals surface area contributed by atoms with Gasteiger partial charge in [0.05, 0.1) is 0 Å². The van der Waals surface area contributed by atoms with Crippen molar-refractivity contribution >= 4 is 0 Å². The number of nitrogens with two attached hydrogens (primary N) is 1. The molecule has 0 aromatic carbocycles. The zero-order valence-corrected chi connectivity index (χ0v) is 8.55. The van der Waals surface area contributed by atoms with Gasteiger partial charge in [0.1, 0.15) is 0 Å². The lowest BCUT2D eigenvalue weighted by molar-refractivity contribution is 0.326. The molecule has 0 aromatic heterocycles. The molecule has 0 saturated heterocycles. The maximum atomic E-state index is 6.16. The van der Waals surface area contributed by atoms with Gasteiger partial charge in [-0.1, -0.05) is 39.5 Å². The Labute approximate surface area is 76.7 Å². The van der Waals surface area contributed by atoms with Crippen LogP contribution in [0.25, 0.3) is 0 Å². The summed E-state index contributed by atoms with van der Waals surface area (Å²) < 4.78 is 0. The van der Waals surface area contributed by atoms with Crippen molar-refractivity contribution in [3.05, 3.63) is 0 Å². The summed E-state index contributed by atoms with van der Waals surface area (Å²) in [6, 6.07) is 0.488. The fourth-order valence-electron chi connectivity index (χ4n) is 2.46. The molecular weight excluding hydrogens is 146 g/mol. The summed E-state index contributed by atoms with van der Waals surface area (Å²) in [4.78, 5) is 0. The Morgan fingerprint density at radius 2 is 2.17 bits per heavy atom. The molecule has 0 bridgehead atoms. The van der Waals surface area contributed by atoms with Gasteiger partial charge in [0, 0.05) is 6.04 Å². The molecule has 0 amide bonds. The normalized spacial score (nSPS) is 32.2. The molecule has 72 valence electrons. The highest BCUT2D eigenvalue weighted by atomic mass is 14.7. The highest BCUT2D eigenvalue weighted by molar-refractivity contribution is 4.82. The summed E-state index contributed by atoms with van der Waals surface area (Å²) >= 11 is 0. The fraction of sp³-hybridized carbons (Fsp3) is 1.00. The first-order valence-electron chi connectivity index (χ1n) is 5.51. The molecule has 0 radical (unpaired) electrons. The lowest BCUT2D eigenvalue weighted by atomic mass is 9.88. The van der Waals surface area contributed by atoms with Crippen molar-refractivity contribution in [3.8, 4) is 0 Å². The Bertz CT molecular complexity index is 122. The molecule has 0 heterocycles. The molecule has 3 unspecified atom stereocenters. The van der Waals surface area contributed by atoms with E-state index < -0.39 is 0 Å². The molecule has 12 heavy (non-hydrogen) atoms. The highest BCUT2D eigenvalue weighted by Crippen LogP contribution is 2.34. The van der Waals surface area contributed by atoms with Gasteiger partial charge >= 0.3 is 0 Å². The third kappa shape index (κ3) is 2.48. The van der Waals surface area contributed by atoms with Gasteiger partial charge in [-0.2, -0.15) is 0 Å². The molecule has 0 aromatic rings. The van der Waals surface area contributed by atoms with Crippen LogP contribution >= 0.6 is 0 Å². The molecular formula is C11H23N. The molecule has 1 rings (SSSR count). The van der Waals surface area contributed by atoms with E-state index in [0.29, 0.717) is 6.04 Å². The molecule has 1 aliphatic rings. The summed E-state index contributed by atoms with van der Waals surface area (Å²) in [5.74, 6) is 1.72. The van der Waals surface area contributed by atoms with Crippen LogP contribution in [0.1, 0.15) is 52.4 Å². The number of hydrogen-bond acceptors (Lipinski definition) is 1. The zero-order chi connectivity index (χ0) is 8.97. The van der Waals surface area contributed by atoms with Crippen molar-refractivity contribution in [3.63, 3.8) is 0 Å². The summed E-state index contributed by atoms with van der Waals surface area (Å²) in [6.07, 6.45) is 8.03. The van der Waals surface area contributed by atoms with Gasteiger partial charge in [-0.3, -0.25) is 0 Å². The lowest BCUT2D eigenvalue weighted by Crippen LogP contribution is -2.31. The molecule has 0 spiro atoms. The molecule has 1 saturated carbocycles. The van der Waals surface area contributed by atoms with E-state index in [1.165, 1.54) is 38.5 Å². The Morgan fingerprint density at radius 1 is 1.42 bits per heavy atom. The van der Waals surface area contributed by atoms with Gasteiger partial charge in [-0.15, -0.1) is 0 Å². The van der Waals surface area contributed by atoms with Gasteiger partial charge in [0.2, 0.25) is 0 Å². The van der Waals surface area contributed by atoms with E-state index in [1.54, 1.807) is 0 Å². The first kappa shape index (κ1) is 10.0. The Hall–Kier alpha value is -0.0400. The maximum absolute atomic E-state index is 6.16. The maximum Gasteiger partial charge on any atom is 0.00697 e. The quantitative estimate of drug-likeness (QED) is 0.688. The third-order valence-electron chi connectivity index (χ3n) is 3.37. The monoisotopic (exact) mass is 169 g/mol. The second kappa shape index (κ2) is 4.86. The average molecular weight is 169 g/mol. The van der Waals surface area contributed by atoms with Gasteiger partial charge in [-0.25, -0.2) is 0 Å². The van der Waals surface area contributed by atoms with Crippen LogP contribution < -0.4 is 5.73 Å². The second-order valence-electron chi connectivity index (χ2n) is 4.38. The van der Waals surface area contributed by atoms with Crippen LogP contribution in [-0.2, 0) is 0 Å². The number of unbranched alkanes of at least 4 members (excludes halogenated alkanes) is 1. The van der Waals surface area contributed by atoms with E-state index in [4.69, 9.17) is 5.73 Å². The minimum atomic E-state index is 0.488. The van der Waals surface area contributed by atoms with Crippen LogP contribution in [0.5, 0.6) is 0 Å². The topological polar surface area (TPSA) is 26.0 Å². The fourth-order valence-corrected chi connectivity index (χ4v) is 2.46. The van der Waals surface area contributed by atoms with Crippen molar-refractivity contribution in [2.24, 2.45) is 17.6 Å². The molecule has 0 aliphatic heterocycles. The molecule has 3 atom stereocenters. The number of hydrogen-bond donors (Lipinski definition) is 1. The standard InChI is InChI=1S/C11H23N/c1-3-4-8-11(12)10-7-5-6-9(10)2/h9-11H,3-8,12H2,1-2H3. The van der Waals surface area contributed by atoms with Crippen LogP contribution in [0, 0.1) is 11.8 Å². The Morgan fingerprint density at radius 3 is 2.67 bits per heavy atom. The predicted octanol–water partition coefficient (Wildman–Crippen LogP) is 2.94. The van der Waals surface area contributed by atoms with Crippen LogP contribution in [0.2, 0.25) is 0 Å². The SMILES string of the molecule is CCCCC(N)C1CCCC1C. The van der Waals surface area contributed by atoms with Crippen molar-refractivity contribution in [2.75, 3.05) is 0 Å². The van der Waals surface area contributed by atoms with Gasteiger partial charge in [-0.05, 0) is 24.7 Å². The molecule has 1 fully saturated rings. The largest absolute Gasteiger partial charge is 0.327 e. The second-order valence-corrected chi connectivity index (χ2v) is 4.38. The summed E-state index contributed by atoms with van der Waals surface area (Å²) in [5, 5.41) is 0. The molecule has 1 nitrogen and oxygen atoms in total. The van der Waals surface area contributed by atoms with Crippen molar-refractivity contribution in [1.29, 1.82) is 0 Å². The Balaban J connectivity index is 2.25. The molecule has 1 heteroatoms. The van der Waals surface area contributed by atoms with E-state index in [1.807, 2.05) is 0 Å². The molecule has 1 aliphatic carbocycles. The van der Waals surface area contributed by atoms with Gasteiger partial charge in [0.15, 0.2) is 0 Å². The van der Waals surface area contributed by atoms with E-state index >= 15 is 0 Å². The van der Waals surface area contributed by atoms with Crippen LogP contribution in [0.4, 0.5) is 0 Å². The minimum absolute atomic E-state index is 0.488. The minimum Gasteiger partial charge on any atom is -0.327 e. The zero-order valence-electron chi connectivity index (χ0n) is 8.55. The van der Waals surface area contributed by atoms with Crippen LogP contribution in [0.3, 0.4) is 0 Å². The van der Waals surface area contributed by atoms with E-state index in [2.05, 4.69) is 13.8 Å². The Kier molecular flexibility index (Phi) is 4.07. The first-order chi connectivity index (χ1) is 5.75. The van der Waals surface area contributed by atoms with Crippen LogP contribution in [-0.4, -0.2) is 6.04 Å². The van der Waals surface area contributed by atoms with Gasteiger partial charge < -0.3 is 5.73 Å². The van der Waals surface area contributed by atoms with Crippen LogP contribution in [0.15, 0.2) is 0 Å². The summed E-state index contributed by atoms with van der Waals surface area (Å²) in [6.45, 7) is 4.61. The summed E-state index contributed by atoms with van der Waals surface area (Å²) in [5.41, 5.74) is 6.16. The predicted molar refractivity (Wildman–Crippen MR) is 54.0 cm³/mol. The average Bonchev–Trinajstić information content (AvgIpc) is 2.47. The van der Waals surface area contributed by atoms with E-state index in [-0.39, 0.29) is 0 Å². The van der Waals surface area contributed by atoms with Gasteiger partial charge in [0.25, 0.3) is 0 Å². The summed E-state index contributed by atoms with van der Waals surface area (Å²) in [7, 11) is 0. The third-order valence-corrected chi connectivity index (χ3v) is 3.37. The first-order valence-corrected chi connectivity index (χ1v) is 5.51. The van der Waals surface area contributed by atoms with Crippen molar-refractivity contribution in [1.82, 2.24) is 0 Å². The van der Waals surface area contributed by atoms with Crippen molar-refractivity contribution in [2.45, 2.75) is 58.4 Å². The van der Waals surface area contributed by atoms with E-state index in [9.17, 15) is 0 Å².